The molecule has 1 aromatic carbocycles. The van der Waals surface area contributed by atoms with Crippen LogP contribution in [0.3, 0.4) is 0 Å². The van der Waals surface area contributed by atoms with Gasteiger partial charge in [0, 0.05) is 12.6 Å². The van der Waals surface area contributed by atoms with Crippen LogP contribution >= 0.6 is 0 Å². The zero-order valence-electron chi connectivity index (χ0n) is 18.1. The third-order valence-electron chi connectivity index (χ3n) is 5.71. The smallest absolute Gasteiger partial charge is 0.122 e. The number of hydrogen-bond donors (Lipinski definition) is 0. The zero-order valence-corrected chi connectivity index (χ0v) is 18.1. The molecule has 0 bridgehead atoms. The van der Waals surface area contributed by atoms with Gasteiger partial charge in [-0.05, 0) is 75.5 Å². The molecule has 3 nitrogen and oxygen atoms in total. The Morgan fingerprint density at radius 3 is 2.37 bits per heavy atom. The van der Waals surface area contributed by atoms with Crippen LogP contribution in [0.1, 0.15) is 82.8 Å². The van der Waals surface area contributed by atoms with Crippen LogP contribution in [-0.2, 0) is 4.84 Å². The Bertz CT molecular complexity index is 521. The lowest BCUT2D eigenvalue weighted by Gasteiger charge is -2.38. The molecule has 3 heteroatoms. The average Bonchev–Trinajstić information content (AvgIpc) is 2.59. The van der Waals surface area contributed by atoms with Gasteiger partial charge in [-0.2, -0.15) is 5.06 Å². The number of hydrogen-bond acceptors (Lipinski definition) is 3. The second-order valence-corrected chi connectivity index (χ2v) is 8.29. The molecule has 0 saturated heterocycles. The average molecular weight is 376 g/mol. The SMILES string of the molecule is CCCC(CCC)CN(OCCCCOc1cc(C)ccc1C)C1CCC1. The van der Waals surface area contributed by atoms with E-state index in [9.17, 15) is 0 Å². The van der Waals surface area contributed by atoms with Gasteiger partial charge in [-0.15, -0.1) is 0 Å². The Labute approximate surface area is 167 Å². The first-order valence-corrected chi connectivity index (χ1v) is 11.2. The largest absolute Gasteiger partial charge is 0.493 e. The molecule has 0 amide bonds. The Morgan fingerprint density at radius 1 is 1.04 bits per heavy atom. The second kappa shape index (κ2) is 12.4. The molecule has 1 aromatic rings. The number of nitrogens with zero attached hydrogens (tertiary/aromatic N) is 1. The van der Waals surface area contributed by atoms with E-state index in [-0.39, 0.29) is 0 Å². The molecular weight excluding hydrogens is 334 g/mol. The standard InChI is InChI=1S/C24H41NO2/c1-5-10-22(11-6-2)19-25(23-12-9-13-23)27-17-8-7-16-26-24-18-20(3)14-15-21(24)4/h14-15,18,22-23H,5-13,16-17,19H2,1-4H3. The van der Waals surface area contributed by atoms with Crippen LogP contribution in [0, 0.1) is 19.8 Å². The summed E-state index contributed by atoms with van der Waals surface area (Å²) in [5.41, 5.74) is 2.47. The molecule has 27 heavy (non-hydrogen) atoms. The van der Waals surface area contributed by atoms with Gasteiger partial charge < -0.3 is 4.74 Å². The van der Waals surface area contributed by atoms with Crippen LogP contribution in [0.15, 0.2) is 18.2 Å². The minimum atomic E-state index is 0.660. The summed E-state index contributed by atoms with van der Waals surface area (Å²) in [5, 5.41) is 2.34. The van der Waals surface area contributed by atoms with Crippen LogP contribution in [0.4, 0.5) is 0 Å². The quantitative estimate of drug-likeness (QED) is 0.275. The first-order chi connectivity index (χ1) is 13.1. The lowest BCUT2D eigenvalue weighted by atomic mass is 9.91. The molecule has 0 atom stereocenters. The van der Waals surface area contributed by atoms with Crippen molar-refractivity contribution in [3.8, 4) is 5.75 Å². The van der Waals surface area contributed by atoms with Crippen LogP contribution in [0.5, 0.6) is 5.75 Å². The van der Waals surface area contributed by atoms with Gasteiger partial charge in [0.15, 0.2) is 0 Å². The van der Waals surface area contributed by atoms with E-state index in [1.54, 1.807) is 0 Å². The second-order valence-electron chi connectivity index (χ2n) is 8.29. The number of rotatable bonds is 14. The number of aryl methyl sites for hydroxylation is 2. The molecule has 0 heterocycles. The van der Waals surface area contributed by atoms with E-state index in [0.717, 1.165) is 44.3 Å². The van der Waals surface area contributed by atoms with E-state index in [4.69, 9.17) is 9.57 Å². The molecule has 0 aromatic heterocycles. The van der Waals surface area contributed by atoms with E-state index < -0.39 is 0 Å². The Kier molecular flexibility index (Phi) is 10.2. The molecule has 1 aliphatic rings. The fourth-order valence-electron chi connectivity index (χ4n) is 3.81. The van der Waals surface area contributed by atoms with E-state index in [1.807, 2.05) is 0 Å². The lowest BCUT2D eigenvalue weighted by molar-refractivity contribution is -0.209. The third-order valence-corrected chi connectivity index (χ3v) is 5.71. The van der Waals surface area contributed by atoms with Crippen molar-refractivity contribution in [2.24, 2.45) is 5.92 Å². The van der Waals surface area contributed by atoms with Crippen molar-refractivity contribution in [1.82, 2.24) is 5.06 Å². The minimum absolute atomic E-state index is 0.660. The van der Waals surface area contributed by atoms with Gasteiger partial charge in [0.25, 0.3) is 0 Å². The van der Waals surface area contributed by atoms with Crippen LogP contribution in [0.25, 0.3) is 0 Å². The topological polar surface area (TPSA) is 21.7 Å². The van der Waals surface area contributed by atoms with Gasteiger partial charge >= 0.3 is 0 Å². The summed E-state index contributed by atoms with van der Waals surface area (Å²) in [4.78, 5) is 6.24. The van der Waals surface area contributed by atoms with Gasteiger partial charge in [-0.25, -0.2) is 0 Å². The first kappa shape index (κ1) is 22.2. The summed E-state index contributed by atoms with van der Waals surface area (Å²) in [6.07, 6.45) is 11.3. The maximum absolute atomic E-state index is 6.24. The van der Waals surface area contributed by atoms with Crippen LogP contribution in [0.2, 0.25) is 0 Å². The van der Waals surface area contributed by atoms with Gasteiger partial charge in [0.1, 0.15) is 5.75 Å². The summed E-state index contributed by atoms with van der Waals surface area (Å²) < 4.78 is 5.96. The number of hydroxylamine groups is 2. The van der Waals surface area contributed by atoms with Crippen molar-refractivity contribution in [2.45, 2.75) is 91.5 Å². The summed E-state index contributed by atoms with van der Waals surface area (Å²) in [5.74, 6) is 1.81. The number of ether oxygens (including phenoxy) is 1. The Hall–Kier alpha value is -1.06. The van der Waals surface area contributed by atoms with Gasteiger partial charge in [-0.1, -0.05) is 45.2 Å². The van der Waals surface area contributed by atoms with E-state index in [1.165, 1.54) is 56.1 Å². The summed E-state index contributed by atoms with van der Waals surface area (Å²) in [6.45, 7) is 11.5. The monoisotopic (exact) mass is 375 g/mol. The highest BCUT2D eigenvalue weighted by atomic mass is 16.7. The maximum atomic E-state index is 6.24. The predicted octanol–water partition coefficient (Wildman–Crippen LogP) is 6.46. The zero-order chi connectivity index (χ0) is 19.5. The molecule has 0 spiro atoms. The van der Waals surface area contributed by atoms with Crippen molar-refractivity contribution in [2.75, 3.05) is 19.8 Å². The van der Waals surface area contributed by atoms with E-state index in [0.29, 0.717) is 6.04 Å². The molecular formula is C24H41NO2. The lowest BCUT2D eigenvalue weighted by Crippen LogP contribution is -2.43. The summed E-state index contributed by atoms with van der Waals surface area (Å²) in [7, 11) is 0. The highest BCUT2D eigenvalue weighted by Crippen LogP contribution is 2.27. The summed E-state index contributed by atoms with van der Waals surface area (Å²) >= 11 is 0. The molecule has 0 unspecified atom stereocenters. The highest BCUT2D eigenvalue weighted by molar-refractivity contribution is 5.35. The maximum Gasteiger partial charge on any atom is 0.122 e. The molecule has 1 aliphatic carbocycles. The van der Waals surface area contributed by atoms with Gasteiger partial charge in [-0.3, -0.25) is 4.84 Å². The summed E-state index contributed by atoms with van der Waals surface area (Å²) in [6, 6.07) is 7.06. The van der Waals surface area contributed by atoms with Crippen molar-refractivity contribution < 1.29 is 9.57 Å². The minimum Gasteiger partial charge on any atom is -0.493 e. The molecule has 0 aliphatic heterocycles. The fourth-order valence-corrected chi connectivity index (χ4v) is 3.81. The Morgan fingerprint density at radius 2 is 1.74 bits per heavy atom. The third kappa shape index (κ3) is 7.83. The normalized spacial score (nSPS) is 14.7. The number of benzene rings is 1. The molecule has 154 valence electrons. The molecule has 0 N–H and O–H groups in total. The first-order valence-electron chi connectivity index (χ1n) is 11.2. The van der Waals surface area contributed by atoms with Crippen LogP contribution in [-0.4, -0.2) is 30.9 Å². The van der Waals surface area contributed by atoms with Crippen molar-refractivity contribution in [1.29, 1.82) is 0 Å². The van der Waals surface area contributed by atoms with Crippen molar-refractivity contribution >= 4 is 0 Å². The highest BCUT2D eigenvalue weighted by Gasteiger charge is 2.27. The Balaban J connectivity index is 1.68. The van der Waals surface area contributed by atoms with Gasteiger partial charge in [0.05, 0.1) is 13.2 Å². The van der Waals surface area contributed by atoms with E-state index >= 15 is 0 Å². The van der Waals surface area contributed by atoms with Crippen molar-refractivity contribution in [3.63, 3.8) is 0 Å². The molecule has 1 fully saturated rings. The van der Waals surface area contributed by atoms with Crippen LogP contribution < -0.4 is 4.74 Å². The molecule has 0 radical (unpaired) electrons. The molecule has 1 saturated carbocycles. The fraction of sp³-hybridized carbons (Fsp3) is 0.750. The predicted molar refractivity (Wildman–Crippen MR) is 114 cm³/mol. The molecule has 2 rings (SSSR count). The van der Waals surface area contributed by atoms with E-state index in [2.05, 4.69) is 51.0 Å². The van der Waals surface area contributed by atoms with Gasteiger partial charge in [0.2, 0.25) is 0 Å². The van der Waals surface area contributed by atoms with Crippen molar-refractivity contribution in [3.05, 3.63) is 29.3 Å². The number of unbranched alkanes of at least 4 members (excludes halogenated alkanes) is 1.